The predicted octanol–water partition coefficient (Wildman–Crippen LogP) is 2.41. The van der Waals surface area contributed by atoms with Crippen molar-refractivity contribution in [3.8, 4) is 0 Å². The lowest BCUT2D eigenvalue weighted by atomic mass is 10.1. The Bertz CT molecular complexity index is 620. The molecule has 0 amide bonds. The first kappa shape index (κ1) is 16.0. The van der Waals surface area contributed by atoms with E-state index in [9.17, 15) is 0 Å². The molecular formula is C17H24N4O2. The Morgan fingerprint density at radius 1 is 1.17 bits per heavy atom. The fraction of sp³-hybridized carbons (Fsp3) is 0.529. The van der Waals surface area contributed by atoms with Gasteiger partial charge in [-0.3, -0.25) is 4.90 Å². The van der Waals surface area contributed by atoms with E-state index in [1.54, 1.807) is 0 Å². The van der Waals surface area contributed by atoms with E-state index < -0.39 is 0 Å². The van der Waals surface area contributed by atoms with Crippen LogP contribution in [-0.2, 0) is 11.3 Å². The van der Waals surface area contributed by atoms with Crippen LogP contribution in [0.2, 0.25) is 0 Å². The highest BCUT2D eigenvalue weighted by molar-refractivity contribution is 5.47. The Morgan fingerprint density at radius 3 is 2.48 bits per heavy atom. The first-order valence-electron chi connectivity index (χ1n) is 8.05. The first-order valence-corrected chi connectivity index (χ1v) is 8.05. The largest absolute Gasteiger partial charge is 0.424 e. The van der Waals surface area contributed by atoms with E-state index in [1.165, 1.54) is 11.3 Å². The summed E-state index contributed by atoms with van der Waals surface area (Å²) in [5.41, 5.74) is 2.54. The maximum atomic E-state index is 5.52. The number of nitrogens with zero attached hydrogens (tertiary/aromatic N) is 4. The van der Waals surface area contributed by atoms with Crippen LogP contribution in [0.1, 0.15) is 30.3 Å². The van der Waals surface area contributed by atoms with Gasteiger partial charge in [0.25, 0.3) is 0 Å². The smallest absolute Gasteiger partial charge is 0.233 e. The van der Waals surface area contributed by atoms with Crippen molar-refractivity contribution in [3.05, 3.63) is 41.6 Å². The molecule has 0 saturated carbocycles. The van der Waals surface area contributed by atoms with Crippen molar-refractivity contribution < 1.29 is 9.15 Å². The normalized spacial score (nSPS) is 16.8. The average Bonchev–Trinajstić information content (AvgIpc) is 3.02. The molecule has 23 heavy (non-hydrogen) atoms. The number of anilines is 1. The Balaban J connectivity index is 1.61. The molecular weight excluding hydrogens is 292 g/mol. The molecule has 1 aromatic heterocycles. The van der Waals surface area contributed by atoms with E-state index in [0.717, 1.165) is 32.8 Å². The minimum Gasteiger partial charge on any atom is -0.424 e. The molecule has 1 aliphatic rings. The van der Waals surface area contributed by atoms with Crippen LogP contribution in [0.5, 0.6) is 0 Å². The number of hydrogen-bond donors (Lipinski definition) is 0. The summed E-state index contributed by atoms with van der Waals surface area (Å²) >= 11 is 0. The highest BCUT2D eigenvalue weighted by Crippen LogP contribution is 2.21. The molecule has 0 N–H and O–H groups in total. The van der Waals surface area contributed by atoms with Crippen molar-refractivity contribution in [2.45, 2.75) is 26.4 Å². The van der Waals surface area contributed by atoms with Crippen LogP contribution < -0.4 is 4.90 Å². The van der Waals surface area contributed by atoms with Gasteiger partial charge >= 0.3 is 0 Å². The number of aromatic nitrogens is 2. The lowest BCUT2D eigenvalue weighted by Crippen LogP contribution is -2.36. The van der Waals surface area contributed by atoms with Gasteiger partial charge in [0.1, 0.15) is 0 Å². The maximum Gasteiger partial charge on any atom is 0.233 e. The summed E-state index contributed by atoms with van der Waals surface area (Å²) in [5, 5.41) is 8.01. The van der Waals surface area contributed by atoms with Crippen molar-refractivity contribution in [1.82, 2.24) is 15.1 Å². The third-order valence-electron chi connectivity index (χ3n) is 4.30. The summed E-state index contributed by atoms with van der Waals surface area (Å²) < 4.78 is 10.9. The third-order valence-corrected chi connectivity index (χ3v) is 4.30. The molecule has 0 spiro atoms. The molecule has 6 nitrogen and oxygen atoms in total. The zero-order chi connectivity index (χ0) is 16.2. The van der Waals surface area contributed by atoms with Gasteiger partial charge in [-0.25, -0.2) is 0 Å². The zero-order valence-electron chi connectivity index (χ0n) is 14.0. The summed E-state index contributed by atoms with van der Waals surface area (Å²) in [5.74, 6) is 1.27. The van der Waals surface area contributed by atoms with E-state index in [0.29, 0.717) is 11.8 Å². The minimum atomic E-state index is 0.0927. The lowest BCUT2D eigenvalue weighted by molar-refractivity contribution is 0.122. The lowest BCUT2D eigenvalue weighted by Gasteiger charge is -2.29. The van der Waals surface area contributed by atoms with E-state index >= 15 is 0 Å². The molecule has 0 aliphatic carbocycles. The van der Waals surface area contributed by atoms with Crippen molar-refractivity contribution in [3.63, 3.8) is 0 Å². The molecule has 1 fully saturated rings. The summed E-state index contributed by atoms with van der Waals surface area (Å²) in [4.78, 5) is 4.57. The van der Waals surface area contributed by atoms with Crippen LogP contribution in [0.15, 0.2) is 28.7 Å². The standard InChI is InChI=1S/C17H24N4O2/c1-13(17-19-18-14(2)23-17)20(3)12-15-4-6-16(7-5-15)21-8-10-22-11-9-21/h4-7,13H,8-12H2,1-3H3. The van der Waals surface area contributed by atoms with Crippen molar-refractivity contribution in [1.29, 1.82) is 0 Å². The van der Waals surface area contributed by atoms with Gasteiger partial charge in [-0.2, -0.15) is 0 Å². The van der Waals surface area contributed by atoms with Crippen LogP contribution in [0, 0.1) is 6.92 Å². The second kappa shape index (κ2) is 7.10. The van der Waals surface area contributed by atoms with Gasteiger partial charge in [-0.1, -0.05) is 12.1 Å². The van der Waals surface area contributed by atoms with Crippen LogP contribution in [-0.4, -0.2) is 48.4 Å². The quantitative estimate of drug-likeness (QED) is 0.844. The monoisotopic (exact) mass is 316 g/mol. The van der Waals surface area contributed by atoms with Gasteiger partial charge in [0.15, 0.2) is 0 Å². The topological polar surface area (TPSA) is 54.6 Å². The molecule has 1 unspecified atom stereocenters. The summed E-state index contributed by atoms with van der Waals surface area (Å²) in [6.45, 7) is 8.28. The van der Waals surface area contributed by atoms with Gasteiger partial charge < -0.3 is 14.1 Å². The number of hydrogen-bond acceptors (Lipinski definition) is 6. The maximum absolute atomic E-state index is 5.52. The molecule has 2 heterocycles. The average molecular weight is 316 g/mol. The fourth-order valence-corrected chi connectivity index (χ4v) is 2.73. The van der Waals surface area contributed by atoms with E-state index in [-0.39, 0.29) is 6.04 Å². The van der Waals surface area contributed by atoms with Gasteiger partial charge in [0.05, 0.1) is 19.3 Å². The van der Waals surface area contributed by atoms with Crippen molar-refractivity contribution in [2.75, 3.05) is 38.3 Å². The first-order chi connectivity index (χ1) is 11.1. The number of benzene rings is 1. The van der Waals surface area contributed by atoms with Crippen LogP contribution in [0.3, 0.4) is 0 Å². The Hall–Kier alpha value is -1.92. The van der Waals surface area contributed by atoms with Crippen LogP contribution >= 0.6 is 0 Å². The van der Waals surface area contributed by atoms with Crippen LogP contribution in [0.4, 0.5) is 5.69 Å². The van der Waals surface area contributed by atoms with E-state index in [1.807, 2.05) is 6.92 Å². The van der Waals surface area contributed by atoms with E-state index in [4.69, 9.17) is 9.15 Å². The number of rotatable bonds is 5. The Labute approximate surface area is 137 Å². The zero-order valence-corrected chi connectivity index (χ0v) is 14.0. The molecule has 0 bridgehead atoms. The van der Waals surface area contributed by atoms with Gasteiger partial charge in [0.2, 0.25) is 11.8 Å². The molecule has 6 heteroatoms. The minimum absolute atomic E-state index is 0.0927. The van der Waals surface area contributed by atoms with Crippen LogP contribution in [0.25, 0.3) is 0 Å². The number of morpholine rings is 1. The fourth-order valence-electron chi connectivity index (χ4n) is 2.73. The molecule has 1 saturated heterocycles. The van der Waals surface area contributed by atoms with Crippen molar-refractivity contribution >= 4 is 5.69 Å². The summed E-state index contributed by atoms with van der Waals surface area (Å²) in [6, 6.07) is 8.85. The summed E-state index contributed by atoms with van der Waals surface area (Å²) in [7, 11) is 2.07. The van der Waals surface area contributed by atoms with E-state index in [2.05, 4.69) is 58.2 Å². The van der Waals surface area contributed by atoms with Gasteiger partial charge in [-0.15, -0.1) is 10.2 Å². The molecule has 0 radical (unpaired) electrons. The molecule has 1 atom stereocenters. The SMILES string of the molecule is Cc1nnc(C(C)N(C)Cc2ccc(N3CCOCC3)cc2)o1. The summed E-state index contributed by atoms with van der Waals surface area (Å²) in [6.07, 6.45) is 0. The highest BCUT2D eigenvalue weighted by atomic mass is 16.5. The second-order valence-electron chi connectivity index (χ2n) is 6.02. The molecule has 1 aliphatic heterocycles. The van der Waals surface area contributed by atoms with Crippen molar-refractivity contribution in [2.24, 2.45) is 0 Å². The number of ether oxygens (including phenoxy) is 1. The van der Waals surface area contributed by atoms with Gasteiger partial charge in [-0.05, 0) is 31.7 Å². The molecule has 1 aromatic carbocycles. The number of aryl methyl sites for hydroxylation is 1. The second-order valence-corrected chi connectivity index (χ2v) is 6.02. The third kappa shape index (κ3) is 3.89. The Kier molecular flexibility index (Phi) is 4.93. The van der Waals surface area contributed by atoms with Gasteiger partial charge in [0, 0.05) is 32.2 Å². The highest BCUT2D eigenvalue weighted by Gasteiger charge is 2.18. The predicted molar refractivity (Wildman–Crippen MR) is 88.4 cm³/mol. The Morgan fingerprint density at radius 2 is 1.87 bits per heavy atom. The molecule has 124 valence electrons. The molecule has 3 rings (SSSR count). The molecule has 2 aromatic rings.